The minimum atomic E-state index is 0.819. The summed E-state index contributed by atoms with van der Waals surface area (Å²) in [6.07, 6.45) is 12.8. The topological polar surface area (TPSA) is 15.3 Å². The number of rotatable bonds is 6. The molecule has 0 aromatic carbocycles. The molecule has 0 saturated heterocycles. The predicted molar refractivity (Wildman–Crippen MR) is 78.9 cm³/mol. The lowest BCUT2D eigenvalue weighted by Gasteiger charge is -2.31. The lowest BCUT2D eigenvalue weighted by Crippen LogP contribution is -2.36. The third-order valence-electron chi connectivity index (χ3n) is 5.01. The zero-order valence-electron chi connectivity index (χ0n) is 12.5. The second-order valence-corrected chi connectivity index (χ2v) is 6.70. The predicted octanol–water partition coefficient (Wildman–Crippen LogP) is 3.42. The van der Waals surface area contributed by atoms with Gasteiger partial charge in [-0.3, -0.25) is 0 Å². The number of hydrogen-bond donors (Lipinski definition) is 1. The molecule has 0 radical (unpaired) electrons. The van der Waals surface area contributed by atoms with Crippen LogP contribution in [0.2, 0.25) is 0 Å². The van der Waals surface area contributed by atoms with E-state index in [2.05, 4.69) is 24.2 Å². The standard InChI is InChI=1S/C16H32N2/c1-14-9-10-15(13-14)17-11-6-12-18(2)16-7-4-3-5-8-16/h14-17H,3-13H2,1-2H3. The van der Waals surface area contributed by atoms with Gasteiger partial charge >= 0.3 is 0 Å². The van der Waals surface area contributed by atoms with Gasteiger partial charge in [0.25, 0.3) is 0 Å². The second kappa shape index (κ2) is 7.49. The Kier molecular flexibility index (Phi) is 5.97. The molecule has 2 fully saturated rings. The van der Waals surface area contributed by atoms with E-state index < -0.39 is 0 Å². The van der Waals surface area contributed by atoms with Gasteiger partial charge in [0.15, 0.2) is 0 Å². The molecule has 0 bridgehead atoms. The van der Waals surface area contributed by atoms with Crippen molar-refractivity contribution in [1.29, 1.82) is 0 Å². The van der Waals surface area contributed by atoms with Crippen LogP contribution in [0.4, 0.5) is 0 Å². The minimum absolute atomic E-state index is 0.819. The first kappa shape index (κ1) is 14.3. The Morgan fingerprint density at radius 2 is 1.83 bits per heavy atom. The van der Waals surface area contributed by atoms with Crippen LogP contribution in [0, 0.1) is 5.92 Å². The molecular weight excluding hydrogens is 220 g/mol. The lowest BCUT2D eigenvalue weighted by atomic mass is 9.94. The van der Waals surface area contributed by atoms with Gasteiger partial charge in [0.2, 0.25) is 0 Å². The number of hydrogen-bond acceptors (Lipinski definition) is 2. The summed E-state index contributed by atoms with van der Waals surface area (Å²) in [6.45, 7) is 4.88. The second-order valence-electron chi connectivity index (χ2n) is 6.70. The van der Waals surface area contributed by atoms with Gasteiger partial charge in [-0.1, -0.05) is 26.2 Å². The Morgan fingerprint density at radius 1 is 1.06 bits per heavy atom. The zero-order valence-corrected chi connectivity index (χ0v) is 12.5. The van der Waals surface area contributed by atoms with Crippen molar-refractivity contribution in [2.45, 2.75) is 76.8 Å². The first-order valence-electron chi connectivity index (χ1n) is 8.19. The zero-order chi connectivity index (χ0) is 12.8. The summed E-state index contributed by atoms with van der Waals surface area (Å²) in [5, 5.41) is 3.74. The SMILES string of the molecule is CC1CCC(NCCCN(C)C2CCCCC2)C1. The summed E-state index contributed by atoms with van der Waals surface area (Å²) in [4.78, 5) is 2.61. The Labute approximate surface area is 114 Å². The van der Waals surface area contributed by atoms with Crippen LogP contribution >= 0.6 is 0 Å². The third kappa shape index (κ3) is 4.55. The van der Waals surface area contributed by atoms with Crippen LogP contribution in [0.1, 0.15) is 64.7 Å². The van der Waals surface area contributed by atoms with Crippen LogP contribution in [0.5, 0.6) is 0 Å². The Morgan fingerprint density at radius 3 is 2.50 bits per heavy atom. The normalized spacial score (nSPS) is 30.2. The molecule has 0 aromatic rings. The highest BCUT2D eigenvalue weighted by Crippen LogP contribution is 2.24. The third-order valence-corrected chi connectivity index (χ3v) is 5.01. The average Bonchev–Trinajstić information content (AvgIpc) is 2.81. The van der Waals surface area contributed by atoms with E-state index >= 15 is 0 Å². The fraction of sp³-hybridized carbons (Fsp3) is 1.00. The maximum Gasteiger partial charge on any atom is 0.00922 e. The Bertz CT molecular complexity index is 223. The van der Waals surface area contributed by atoms with Gasteiger partial charge in [0.1, 0.15) is 0 Å². The van der Waals surface area contributed by atoms with Crippen LogP contribution in [-0.4, -0.2) is 37.1 Å². The van der Waals surface area contributed by atoms with Crippen molar-refractivity contribution in [3.05, 3.63) is 0 Å². The molecule has 2 nitrogen and oxygen atoms in total. The van der Waals surface area contributed by atoms with E-state index in [1.165, 1.54) is 70.9 Å². The molecule has 1 N–H and O–H groups in total. The molecular formula is C16H32N2. The summed E-state index contributed by atoms with van der Waals surface area (Å²) in [7, 11) is 2.33. The van der Waals surface area contributed by atoms with Crippen LogP contribution in [0.15, 0.2) is 0 Å². The maximum absolute atomic E-state index is 3.74. The van der Waals surface area contributed by atoms with Crippen molar-refractivity contribution in [2.24, 2.45) is 5.92 Å². The van der Waals surface area contributed by atoms with E-state index in [0.29, 0.717) is 0 Å². The molecule has 0 spiro atoms. The van der Waals surface area contributed by atoms with Crippen molar-refractivity contribution in [3.63, 3.8) is 0 Å². The van der Waals surface area contributed by atoms with Gasteiger partial charge in [0, 0.05) is 12.1 Å². The van der Waals surface area contributed by atoms with Crippen molar-refractivity contribution in [3.8, 4) is 0 Å². The summed E-state index contributed by atoms with van der Waals surface area (Å²) < 4.78 is 0. The van der Waals surface area contributed by atoms with E-state index in [-0.39, 0.29) is 0 Å². The summed E-state index contributed by atoms with van der Waals surface area (Å²) in [6, 6.07) is 1.70. The van der Waals surface area contributed by atoms with E-state index in [1.807, 2.05) is 0 Å². The van der Waals surface area contributed by atoms with Crippen molar-refractivity contribution in [2.75, 3.05) is 20.1 Å². The summed E-state index contributed by atoms with van der Waals surface area (Å²) in [5.74, 6) is 0.951. The Balaban J connectivity index is 1.52. The molecule has 18 heavy (non-hydrogen) atoms. The summed E-state index contributed by atoms with van der Waals surface area (Å²) in [5.41, 5.74) is 0. The highest BCUT2D eigenvalue weighted by Gasteiger charge is 2.20. The van der Waals surface area contributed by atoms with Gasteiger partial charge in [-0.25, -0.2) is 0 Å². The quantitative estimate of drug-likeness (QED) is 0.729. The van der Waals surface area contributed by atoms with Gasteiger partial charge < -0.3 is 10.2 Å². The first-order chi connectivity index (χ1) is 8.75. The molecule has 2 saturated carbocycles. The van der Waals surface area contributed by atoms with E-state index in [9.17, 15) is 0 Å². The minimum Gasteiger partial charge on any atom is -0.314 e. The van der Waals surface area contributed by atoms with E-state index in [1.54, 1.807) is 0 Å². The smallest absolute Gasteiger partial charge is 0.00922 e. The molecule has 2 rings (SSSR count). The molecule has 0 aliphatic heterocycles. The Hall–Kier alpha value is -0.0800. The number of nitrogens with zero attached hydrogens (tertiary/aromatic N) is 1. The molecule has 0 aromatic heterocycles. The van der Waals surface area contributed by atoms with E-state index in [4.69, 9.17) is 0 Å². The molecule has 0 amide bonds. The fourth-order valence-electron chi connectivity index (χ4n) is 3.73. The highest BCUT2D eigenvalue weighted by atomic mass is 15.1. The maximum atomic E-state index is 3.74. The first-order valence-corrected chi connectivity index (χ1v) is 8.19. The van der Waals surface area contributed by atoms with Gasteiger partial charge in [-0.15, -0.1) is 0 Å². The molecule has 2 atom stereocenters. The average molecular weight is 252 g/mol. The summed E-state index contributed by atoms with van der Waals surface area (Å²) >= 11 is 0. The van der Waals surface area contributed by atoms with Crippen LogP contribution in [0.3, 0.4) is 0 Å². The molecule has 106 valence electrons. The van der Waals surface area contributed by atoms with E-state index in [0.717, 1.165) is 18.0 Å². The van der Waals surface area contributed by atoms with Crippen LogP contribution in [0.25, 0.3) is 0 Å². The molecule has 0 heterocycles. The molecule has 2 aliphatic rings. The van der Waals surface area contributed by atoms with Crippen molar-refractivity contribution < 1.29 is 0 Å². The van der Waals surface area contributed by atoms with Crippen LogP contribution < -0.4 is 5.32 Å². The lowest BCUT2D eigenvalue weighted by molar-refractivity contribution is 0.189. The molecule has 2 heteroatoms. The largest absolute Gasteiger partial charge is 0.314 e. The van der Waals surface area contributed by atoms with Gasteiger partial charge in [-0.05, 0) is 64.6 Å². The van der Waals surface area contributed by atoms with Crippen LogP contribution in [-0.2, 0) is 0 Å². The fourth-order valence-corrected chi connectivity index (χ4v) is 3.73. The van der Waals surface area contributed by atoms with Crippen molar-refractivity contribution >= 4 is 0 Å². The molecule has 2 aliphatic carbocycles. The monoisotopic (exact) mass is 252 g/mol. The van der Waals surface area contributed by atoms with Gasteiger partial charge in [0.05, 0.1) is 0 Å². The van der Waals surface area contributed by atoms with Gasteiger partial charge in [-0.2, -0.15) is 0 Å². The number of nitrogens with one attached hydrogen (secondary N) is 1. The van der Waals surface area contributed by atoms with Crippen molar-refractivity contribution in [1.82, 2.24) is 10.2 Å². The molecule has 2 unspecified atom stereocenters. The highest BCUT2D eigenvalue weighted by molar-refractivity contribution is 4.78.